The number of benzene rings is 1. The van der Waals surface area contributed by atoms with Crippen LogP contribution in [0.5, 0.6) is 0 Å². The summed E-state index contributed by atoms with van der Waals surface area (Å²) in [5.74, 6) is -2.77. The van der Waals surface area contributed by atoms with Gasteiger partial charge in [-0.3, -0.25) is 4.79 Å². The van der Waals surface area contributed by atoms with E-state index in [1.807, 2.05) is 0 Å². The summed E-state index contributed by atoms with van der Waals surface area (Å²) in [6, 6.07) is 4.09. The second kappa shape index (κ2) is 6.47. The summed E-state index contributed by atoms with van der Waals surface area (Å²) in [5, 5.41) is 0. The number of rotatable bonds is 5. The normalized spacial score (nSPS) is 13.1. The Kier molecular flexibility index (Phi) is 5.49. The molecule has 1 unspecified atom stereocenters. The first-order valence-electron chi connectivity index (χ1n) is 5.47. The minimum Gasteiger partial charge on any atom is -0.469 e. The van der Waals surface area contributed by atoms with Crippen LogP contribution >= 0.6 is 15.9 Å². The number of hydrogen-bond donors (Lipinski definition) is 0. The van der Waals surface area contributed by atoms with Crippen molar-refractivity contribution in [3.8, 4) is 0 Å². The number of esters is 1. The van der Waals surface area contributed by atoms with Gasteiger partial charge in [-0.2, -0.15) is 0 Å². The van der Waals surface area contributed by atoms with Crippen LogP contribution in [-0.4, -0.2) is 27.2 Å². The molecule has 0 aliphatic heterocycles. The van der Waals surface area contributed by atoms with Gasteiger partial charge < -0.3 is 4.74 Å². The van der Waals surface area contributed by atoms with Crippen molar-refractivity contribution >= 4 is 31.7 Å². The predicted octanol–water partition coefficient (Wildman–Crippen LogP) is 2.31. The van der Waals surface area contributed by atoms with Gasteiger partial charge in [-0.1, -0.05) is 22.9 Å². The molecular formula is C12H14BrFO4S. The summed E-state index contributed by atoms with van der Waals surface area (Å²) in [6.45, 7) is 1.46. The maximum Gasteiger partial charge on any atom is 0.309 e. The van der Waals surface area contributed by atoms with Crippen molar-refractivity contribution in [2.75, 3.05) is 12.9 Å². The van der Waals surface area contributed by atoms with Crippen molar-refractivity contribution in [3.05, 3.63) is 34.1 Å². The fraction of sp³-hybridized carbons (Fsp3) is 0.417. The molecule has 106 valence electrons. The van der Waals surface area contributed by atoms with Gasteiger partial charge in [0.25, 0.3) is 0 Å². The van der Waals surface area contributed by atoms with Crippen molar-refractivity contribution < 1.29 is 22.3 Å². The molecule has 0 bridgehead atoms. The van der Waals surface area contributed by atoms with Crippen LogP contribution in [0.15, 0.2) is 22.7 Å². The molecule has 1 aromatic carbocycles. The van der Waals surface area contributed by atoms with Crippen LogP contribution in [0, 0.1) is 11.7 Å². The molecule has 1 aromatic rings. The Hall–Kier alpha value is -0.950. The Morgan fingerprint density at radius 2 is 2.11 bits per heavy atom. The Balaban J connectivity index is 2.85. The lowest BCUT2D eigenvalue weighted by molar-refractivity contribution is -0.144. The highest BCUT2D eigenvalue weighted by atomic mass is 79.9. The van der Waals surface area contributed by atoms with Gasteiger partial charge in [0.2, 0.25) is 0 Å². The molecule has 0 heterocycles. The molecule has 0 aromatic heterocycles. The third-order valence-corrected chi connectivity index (χ3v) is 4.74. The van der Waals surface area contributed by atoms with E-state index >= 15 is 0 Å². The molecule has 7 heteroatoms. The summed E-state index contributed by atoms with van der Waals surface area (Å²) >= 11 is 3.15. The van der Waals surface area contributed by atoms with Crippen LogP contribution in [0.3, 0.4) is 0 Å². The highest BCUT2D eigenvalue weighted by Gasteiger charge is 2.23. The summed E-state index contributed by atoms with van der Waals surface area (Å²) in [7, 11) is -2.40. The smallest absolute Gasteiger partial charge is 0.309 e. The minimum absolute atomic E-state index is 0.0754. The van der Waals surface area contributed by atoms with Crippen molar-refractivity contribution in [3.63, 3.8) is 0 Å². The number of carbonyl (C=O) groups is 1. The molecule has 0 aliphatic rings. The van der Waals surface area contributed by atoms with Crippen LogP contribution in [0.1, 0.15) is 12.5 Å². The van der Waals surface area contributed by atoms with Gasteiger partial charge in [0.15, 0.2) is 9.84 Å². The molecule has 0 amide bonds. The van der Waals surface area contributed by atoms with E-state index in [2.05, 4.69) is 20.7 Å². The number of methoxy groups -OCH3 is 1. The maximum atomic E-state index is 13.5. The zero-order chi connectivity index (χ0) is 14.6. The highest BCUT2D eigenvalue weighted by molar-refractivity contribution is 9.10. The van der Waals surface area contributed by atoms with E-state index in [0.717, 1.165) is 0 Å². The number of halogens is 2. The lowest BCUT2D eigenvalue weighted by atomic mass is 10.2. The van der Waals surface area contributed by atoms with E-state index in [4.69, 9.17) is 0 Å². The van der Waals surface area contributed by atoms with E-state index in [-0.39, 0.29) is 11.3 Å². The first-order chi connectivity index (χ1) is 8.75. The van der Waals surface area contributed by atoms with Crippen LogP contribution in [0.2, 0.25) is 0 Å². The summed E-state index contributed by atoms with van der Waals surface area (Å²) in [5.41, 5.74) is 0.0754. The molecule has 0 N–H and O–H groups in total. The molecule has 0 radical (unpaired) electrons. The number of sulfone groups is 1. The number of hydrogen-bond acceptors (Lipinski definition) is 4. The number of carbonyl (C=O) groups excluding carboxylic acids is 1. The molecule has 19 heavy (non-hydrogen) atoms. The lowest BCUT2D eigenvalue weighted by Crippen LogP contribution is -2.23. The van der Waals surface area contributed by atoms with Gasteiger partial charge in [0.1, 0.15) is 5.82 Å². The van der Waals surface area contributed by atoms with Gasteiger partial charge in [-0.25, -0.2) is 12.8 Å². The zero-order valence-electron chi connectivity index (χ0n) is 10.5. The molecule has 0 aliphatic carbocycles. The average molecular weight is 353 g/mol. The SMILES string of the molecule is COC(=O)C(C)CS(=O)(=O)Cc1cc(Br)ccc1F. The van der Waals surface area contributed by atoms with Gasteiger partial charge in [0, 0.05) is 10.0 Å². The third-order valence-electron chi connectivity index (χ3n) is 2.49. The first-order valence-corrected chi connectivity index (χ1v) is 8.09. The molecule has 0 spiro atoms. The Morgan fingerprint density at radius 3 is 2.68 bits per heavy atom. The van der Waals surface area contributed by atoms with Crippen LogP contribution in [0.4, 0.5) is 4.39 Å². The van der Waals surface area contributed by atoms with E-state index in [1.165, 1.54) is 32.2 Å². The largest absolute Gasteiger partial charge is 0.469 e. The van der Waals surface area contributed by atoms with E-state index in [9.17, 15) is 17.6 Å². The van der Waals surface area contributed by atoms with Crippen LogP contribution in [0.25, 0.3) is 0 Å². The Labute approximate surface area is 120 Å². The van der Waals surface area contributed by atoms with Gasteiger partial charge in [-0.05, 0) is 18.2 Å². The number of ether oxygens (including phenoxy) is 1. The summed E-state index contributed by atoms with van der Waals surface area (Å²) in [4.78, 5) is 11.2. The van der Waals surface area contributed by atoms with E-state index in [0.29, 0.717) is 4.47 Å². The molecule has 4 nitrogen and oxygen atoms in total. The first kappa shape index (κ1) is 16.1. The second-order valence-corrected chi connectivity index (χ2v) is 7.24. The fourth-order valence-electron chi connectivity index (χ4n) is 1.60. The quantitative estimate of drug-likeness (QED) is 0.763. The summed E-state index contributed by atoms with van der Waals surface area (Å²) < 4.78 is 42.4. The monoisotopic (exact) mass is 352 g/mol. The summed E-state index contributed by atoms with van der Waals surface area (Å²) in [6.07, 6.45) is 0. The minimum atomic E-state index is -3.59. The van der Waals surface area contributed by atoms with Crippen molar-refractivity contribution in [1.82, 2.24) is 0 Å². The van der Waals surface area contributed by atoms with E-state index < -0.39 is 33.3 Å². The topological polar surface area (TPSA) is 60.4 Å². The fourth-order valence-corrected chi connectivity index (χ4v) is 3.72. The average Bonchev–Trinajstić information content (AvgIpc) is 2.31. The molecule has 1 rings (SSSR count). The lowest BCUT2D eigenvalue weighted by Gasteiger charge is -2.10. The van der Waals surface area contributed by atoms with Gasteiger partial charge in [-0.15, -0.1) is 0 Å². The van der Waals surface area contributed by atoms with Crippen LogP contribution in [-0.2, 0) is 25.1 Å². The molecule has 1 atom stereocenters. The highest BCUT2D eigenvalue weighted by Crippen LogP contribution is 2.19. The van der Waals surface area contributed by atoms with Gasteiger partial charge in [0.05, 0.1) is 24.5 Å². The Bertz CT molecular complexity index is 571. The Morgan fingerprint density at radius 1 is 1.47 bits per heavy atom. The predicted molar refractivity (Wildman–Crippen MR) is 72.8 cm³/mol. The van der Waals surface area contributed by atoms with Crippen molar-refractivity contribution in [2.24, 2.45) is 5.92 Å². The van der Waals surface area contributed by atoms with Gasteiger partial charge >= 0.3 is 5.97 Å². The molecule has 0 fully saturated rings. The second-order valence-electron chi connectivity index (χ2n) is 4.21. The van der Waals surface area contributed by atoms with Crippen LogP contribution < -0.4 is 0 Å². The van der Waals surface area contributed by atoms with E-state index in [1.54, 1.807) is 0 Å². The molecule has 0 saturated heterocycles. The molecule has 0 saturated carbocycles. The van der Waals surface area contributed by atoms with Crippen molar-refractivity contribution in [2.45, 2.75) is 12.7 Å². The van der Waals surface area contributed by atoms with Crippen molar-refractivity contribution in [1.29, 1.82) is 0 Å². The molecular weight excluding hydrogens is 339 g/mol. The zero-order valence-corrected chi connectivity index (χ0v) is 12.9. The maximum absolute atomic E-state index is 13.5. The third kappa shape index (κ3) is 4.91. The standard InChI is InChI=1S/C12H14BrFO4S/c1-8(12(15)18-2)6-19(16,17)7-9-5-10(13)3-4-11(9)14/h3-5,8H,6-7H2,1-2H3.